The topological polar surface area (TPSA) is 56.1 Å². The molecule has 0 aliphatic heterocycles. The van der Waals surface area contributed by atoms with Gasteiger partial charge in [-0.15, -0.1) is 0 Å². The number of imidazole rings is 1. The van der Waals surface area contributed by atoms with Crippen LogP contribution >= 0.6 is 0 Å². The highest BCUT2D eigenvalue weighted by Gasteiger charge is 2.11. The van der Waals surface area contributed by atoms with Crippen LogP contribution in [0.25, 0.3) is 11.0 Å². The Morgan fingerprint density at radius 1 is 0.912 bits per heavy atom. The van der Waals surface area contributed by atoms with Crippen LogP contribution in [0, 0.1) is 13.8 Å². The lowest BCUT2D eigenvalue weighted by molar-refractivity contribution is -0.121. The predicted octanol–water partition coefficient (Wildman–Crippen LogP) is 5.41. The molecule has 0 radical (unpaired) electrons. The molecule has 1 heterocycles. The molecule has 5 heteroatoms. The quantitative estimate of drug-likeness (QED) is 0.308. The van der Waals surface area contributed by atoms with Crippen molar-refractivity contribution in [2.24, 2.45) is 0 Å². The van der Waals surface area contributed by atoms with Crippen molar-refractivity contribution in [3.8, 4) is 5.75 Å². The average molecular weight is 456 g/mol. The summed E-state index contributed by atoms with van der Waals surface area (Å²) in [7, 11) is 0. The summed E-state index contributed by atoms with van der Waals surface area (Å²) in [6.07, 6.45) is 2.83. The van der Waals surface area contributed by atoms with Crippen LogP contribution in [0.5, 0.6) is 5.75 Å². The van der Waals surface area contributed by atoms with Crippen LogP contribution < -0.4 is 10.1 Å². The van der Waals surface area contributed by atoms with Crippen LogP contribution in [0.4, 0.5) is 0 Å². The summed E-state index contributed by atoms with van der Waals surface area (Å²) in [4.78, 5) is 17.1. The van der Waals surface area contributed by atoms with Gasteiger partial charge in [-0.3, -0.25) is 4.79 Å². The summed E-state index contributed by atoms with van der Waals surface area (Å²) in [5, 5.41) is 3.06. The number of carbonyl (C=O) groups is 1. The summed E-state index contributed by atoms with van der Waals surface area (Å²) >= 11 is 0. The van der Waals surface area contributed by atoms with E-state index in [1.807, 2.05) is 36.4 Å². The first kappa shape index (κ1) is 23.6. The second kappa shape index (κ2) is 11.5. The molecule has 1 amide bonds. The Kier molecular flexibility index (Phi) is 7.97. The van der Waals surface area contributed by atoms with Gasteiger partial charge in [0.25, 0.3) is 0 Å². The highest BCUT2D eigenvalue weighted by Crippen LogP contribution is 2.23. The minimum atomic E-state index is 0.0773. The number of carbonyl (C=O) groups excluding carboxylic acids is 1. The summed E-state index contributed by atoms with van der Waals surface area (Å²) in [5.74, 6) is 2.06. The number of rotatable bonds is 11. The Balaban J connectivity index is 1.32. The fourth-order valence-corrected chi connectivity index (χ4v) is 4.29. The van der Waals surface area contributed by atoms with Gasteiger partial charge in [0.2, 0.25) is 5.91 Å². The van der Waals surface area contributed by atoms with Crippen molar-refractivity contribution in [3.63, 3.8) is 0 Å². The van der Waals surface area contributed by atoms with Gasteiger partial charge in [0.15, 0.2) is 0 Å². The van der Waals surface area contributed by atoms with Crippen molar-refractivity contribution in [2.75, 3.05) is 13.2 Å². The van der Waals surface area contributed by atoms with E-state index in [1.54, 1.807) is 0 Å². The van der Waals surface area contributed by atoms with Gasteiger partial charge < -0.3 is 14.6 Å². The molecule has 0 saturated heterocycles. The Morgan fingerprint density at radius 3 is 2.44 bits per heavy atom. The van der Waals surface area contributed by atoms with E-state index in [-0.39, 0.29) is 5.91 Å². The Labute approximate surface area is 201 Å². The second-order valence-corrected chi connectivity index (χ2v) is 8.68. The number of nitrogens with one attached hydrogen (secondary N) is 1. The maximum atomic E-state index is 12.3. The van der Waals surface area contributed by atoms with Crippen LogP contribution in [0.15, 0.2) is 72.8 Å². The third-order valence-electron chi connectivity index (χ3n) is 6.07. The fraction of sp³-hybridized carbons (Fsp3) is 0.310. The van der Waals surface area contributed by atoms with Gasteiger partial charge in [0.05, 0.1) is 17.6 Å². The second-order valence-electron chi connectivity index (χ2n) is 8.68. The van der Waals surface area contributed by atoms with Gasteiger partial charge in [0.1, 0.15) is 11.6 Å². The van der Waals surface area contributed by atoms with Crippen LogP contribution in [-0.2, 0) is 24.2 Å². The van der Waals surface area contributed by atoms with E-state index in [0.29, 0.717) is 26.0 Å². The largest absolute Gasteiger partial charge is 0.493 e. The maximum Gasteiger partial charge on any atom is 0.220 e. The number of hydrogen-bond acceptors (Lipinski definition) is 3. The molecule has 3 aromatic carbocycles. The van der Waals surface area contributed by atoms with E-state index in [9.17, 15) is 4.79 Å². The number of hydrogen-bond donors (Lipinski definition) is 1. The van der Waals surface area contributed by atoms with E-state index < -0.39 is 0 Å². The normalized spacial score (nSPS) is 11.0. The molecule has 0 atom stereocenters. The molecule has 176 valence electrons. The molecule has 0 saturated carbocycles. The Morgan fingerprint density at radius 2 is 1.65 bits per heavy atom. The molecule has 0 aliphatic carbocycles. The summed E-state index contributed by atoms with van der Waals surface area (Å²) in [6.45, 7) is 6.21. The maximum absolute atomic E-state index is 12.3. The summed E-state index contributed by atoms with van der Waals surface area (Å²) in [5.41, 5.74) is 5.62. The first-order chi connectivity index (χ1) is 16.6. The van der Waals surface area contributed by atoms with E-state index in [1.165, 1.54) is 5.56 Å². The first-order valence-corrected chi connectivity index (χ1v) is 12.1. The highest BCUT2D eigenvalue weighted by atomic mass is 16.5. The predicted molar refractivity (Wildman–Crippen MR) is 137 cm³/mol. The lowest BCUT2D eigenvalue weighted by atomic mass is 10.1. The van der Waals surface area contributed by atoms with Crippen molar-refractivity contribution in [2.45, 2.75) is 46.1 Å². The Bertz CT molecular complexity index is 1210. The van der Waals surface area contributed by atoms with Crippen LogP contribution in [0.1, 0.15) is 35.4 Å². The highest BCUT2D eigenvalue weighted by molar-refractivity contribution is 5.77. The zero-order valence-electron chi connectivity index (χ0n) is 20.1. The molecular formula is C29H33N3O2. The number of ether oxygens (including phenoxy) is 1. The van der Waals surface area contributed by atoms with Gasteiger partial charge in [-0.05, 0) is 55.5 Å². The lowest BCUT2D eigenvalue weighted by Gasteiger charge is -2.13. The molecule has 5 nitrogen and oxygen atoms in total. The van der Waals surface area contributed by atoms with Crippen LogP contribution in [0.3, 0.4) is 0 Å². The summed E-state index contributed by atoms with van der Waals surface area (Å²) in [6, 6.07) is 24.5. The molecule has 4 rings (SSSR count). The van der Waals surface area contributed by atoms with E-state index >= 15 is 0 Å². The monoisotopic (exact) mass is 455 g/mol. The molecule has 0 bridgehead atoms. The number of para-hydroxylation sites is 3. The van der Waals surface area contributed by atoms with Gasteiger partial charge in [-0.2, -0.15) is 0 Å². The van der Waals surface area contributed by atoms with Gasteiger partial charge in [-0.25, -0.2) is 4.98 Å². The molecule has 0 spiro atoms. The number of nitrogens with zero attached hydrogens (tertiary/aromatic N) is 2. The van der Waals surface area contributed by atoms with Crippen molar-refractivity contribution in [1.82, 2.24) is 14.9 Å². The molecule has 0 aliphatic rings. The van der Waals surface area contributed by atoms with Crippen molar-refractivity contribution in [1.29, 1.82) is 0 Å². The molecular weight excluding hydrogens is 422 g/mol. The fourth-order valence-electron chi connectivity index (χ4n) is 4.29. The minimum absolute atomic E-state index is 0.0773. The number of aromatic nitrogens is 2. The van der Waals surface area contributed by atoms with Crippen LogP contribution in [-0.4, -0.2) is 28.6 Å². The zero-order valence-corrected chi connectivity index (χ0v) is 20.1. The smallest absolute Gasteiger partial charge is 0.220 e. The number of amides is 1. The molecule has 1 N–H and O–H groups in total. The first-order valence-electron chi connectivity index (χ1n) is 12.1. The minimum Gasteiger partial charge on any atom is -0.493 e. The molecule has 4 aromatic rings. The lowest BCUT2D eigenvalue weighted by Crippen LogP contribution is -2.26. The third-order valence-corrected chi connectivity index (χ3v) is 6.07. The number of benzene rings is 3. The SMILES string of the molecule is Cc1cccc(C)c1OCCCn1c(CCNC(=O)CCc2ccccc2)nc2ccccc21. The van der Waals surface area contributed by atoms with Gasteiger partial charge in [-0.1, -0.05) is 60.7 Å². The van der Waals surface area contributed by atoms with Crippen molar-refractivity contribution in [3.05, 3.63) is 95.3 Å². The molecule has 0 fully saturated rings. The van der Waals surface area contributed by atoms with E-state index in [0.717, 1.165) is 53.1 Å². The Hall–Kier alpha value is -3.60. The van der Waals surface area contributed by atoms with E-state index in [4.69, 9.17) is 9.72 Å². The zero-order chi connectivity index (χ0) is 23.8. The van der Waals surface area contributed by atoms with E-state index in [2.05, 4.69) is 60.1 Å². The standard InChI is InChI=1S/C29H33N3O2/c1-22-10-8-11-23(2)29(22)34-21-9-20-32-26-15-7-6-14-25(26)31-27(32)18-19-30-28(33)17-16-24-12-4-3-5-13-24/h3-8,10-15H,9,16-21H2,1-2H3,(H,30,33). The number of fused-ring (bicyclic) bond motifs is 1. The average Bonchev–Trinajstić information content (AvgIpc) is 3.20. The molecule has 34 heavy (non-hydrogen) atoms. The van der Waals surface area contributed by atoms with Crippen molar-refractivity contribution < 1.29 is 9.53 Å². The third kappa shape index (κ3) is 6.04. The van der Waals surface area contributed by atoms with Gasteiger partial charge >= 0.3 is 0 Å². The van der Waals surface area contributed by atoms with Crippen LogP contribution in [0.2, 0.25) is 0 Å². The molecule has 1 aromatic heterocycles. The molecule has 0 unspecified atom stereocenters. The number of aryl methyl sites for hydroxylation is 4. The van der Waals surface area contributed by atoms with Crippen molar-refractivity contribution >= 4 is 16.9 Å². The van der Waals surface area contributed by atoms with Gasteiger partial charge in [0, 0.05) is 25.9 Å². The summed E-state index contributed by atoms with van der Waals surface area (Å²) < 4.78 is 8.37.